The van der Waals surface area contributed by atoms with Gasteiger partial charge in [0.25, 0.3) is 0 Å². The molecule has 0 saturated heterocycles. The van der Waals surface area contributed by atoms with Gasteiger partial charge in [-0.05, 0) is 0 Å². The first-order valence-corrected chi connectivity index (χ1v) is 0. The van der Waals surface area contributed by atoms with Gasteiger partial charge in [0, 0.05) is 55.7 Å². The standard InChI is InChI=1S/2K.H3P.2H2S.3V.2H/h;;1H3;2*1H2;;;;;/q2*+1;;;;;;;2*-1. The molecule has 0 amide bonds. The molecular weight excluding hydrogens is 326 g/mol. The van der Waals surface area contributed by atoms with Crippen LogP contribution in [0.1, 0.15) is 2.85 Å². The molecule has 0 saturated carbocycles. The van der Waals surface area contributed by atoms with Crippen molar-refractivity contribution in [3.8, 4) is 0 Å². The van der Waals surface area contributed by atoms with E-state index in [0.717, 1.165) is 0 Å². The minimum atomic E-state index is 0. The van der Waals surface area contributed by atoms with Crippen LogP contribution < -0.4 is 103 Å². The van der Waals surface area contributed by atoms with E-state index in [1.165, 1.54) is 0 Å². The molecule has 3 radical (unpaired) electrons. The molecule has 0 aromatic rings. The maximum Gasteiger partial charge on any atom is 1.00 e. The normalized spacial score (nSPS) is 0. The van der Waals surface area contributed by atoms with Crippen molar-refractivity contribution in [1.29, 1.82) is 0 Å². The Morgan fingerprint density at radius 3 is 0.625 bits per heavy atom. The maximum atomic E-state index is 0. The van der Waals surface area contributed by atoms with Crippen LogP contribution in [0.4, 0.5) is 0 Å². The molecule has 0 fully saturated rings. The maximum absolute atomic E-state index is 0. The largest absolute Gasteiger partial charge is 1.00 e. The Labute approximate surface area is 192 Å². The van der Waals surface area contributed by atoms with Gasteiger partial charge in [-0.1, -0.05) is 0 Å². The van der Waals surface area contributed by atoms with E-state index in [2.05, 4.69) is 0 Å². The van der Waals surface area contributed by atoms with E-state index in [1.54, 1.807) is 0 Å². The molecule has 0 aliphatic rings. The summed E-state index contributed by atoms with van der Waals surface area (Å²) in [6.07, 6.45) is 0. The molecule has 0 spiro atoms. The van der Waals surface area contributed by atoms with Gasteiger partial charge in [0.05, 0.1) is 0 Å². The number of rotatable bonds is 0. The third kappa shape index (κ3) is 39.9. The van der Waals surface area contributed by atoms with Crippen LogP contribution in [-0.2, 0) is 55.7 Å². The Kier molecular flexibility index (Phi) is 415. The zero-order valence-corrected chi connectivity index (χ0v) is 18.9. The van der Waals surface area contributed by atoms with E-state index in [-0.39, 0.29) is 198 Å². The Morgan fingerprint density at radius 1 is 0.625 bits per heavy atom. The second kappa shape index (κ2) is 51.3. The second-order valence-electron chi connectivity index (χ2n) is 0. The molecule has 0 bridgehead atoms. The molecule has 0 aliphatic carbocycles. The molecule has 0 N–H and O–H groups in total. The molecule has 43 valence electrons. The average Bonchev–Trinajstić information content (AvgIpc) is 0. The van der Waals surface area contributed by atoms with E-state index in [1.807, 2.05) is 0 Å². The molecule has 1 atom stereocenters. The van der Waals surface area contributed by atoms with Gasteiger partial charge in [-0.25, -0.2) is 0 Å². The molecule has 0 heterocycles. The molecular formula is H9K2PS2V3. The summed E-state index contributed by atoms with van der Waals surface area (Å²) < 4.78 is 0. The predicted octanol–water partition coefficient (Wildman–Crippen LogP) is -5.49. The SMILES string of the molecule is P.S.S.[H-].[H-].[K+].[K+].[V].[V].[V]. The smallest absolute Gasteiger partial charge is 1.00 e. The van der Waals surface area contributed by atoms with Gasteiger partial charge in [-0.15, -0.1) is 0 Å². The number of hydrogen-bond acceptors (Lipinski definition) is 0. The number of hydrogen-bond donors (Lipinski definition) is 0. The summed E-state index contributed by atoms with van der Waals surface area (Å²) >= 11 is 0. The quantitative estimate of drug-likeness (QED) is 0.306. The summed E-state index contributed by atoms with van der Waals surface area (Å²) in [4.78, 5) is 0. The van der Waals surface area contributed by atoms with Crippen LogP contribution in [0, 0.1) is 0 Å². The Morgan fingerprint density at radius 2 is 0.625 bits per heavy atom. The van der Waals surface area contributed by atoms with Crippen molar-refractivity contribution in [1.82, 2.24) is 0 Å². The molecule has 0 nitrogen and oxygen atoms in total. The fourth-order valence-electron chi connectivity index (χ4n) is 0. The molecule has 0 aliphatic heterocycles. The Hall–Kier alpha value is 6.16. The van der Waals surface area contributed by atoms with Crippen molar-refractivity contribution >= 4 is 36.9 Å². The first-order valence-electron chi connectivity index (χ1n) is 0. The van der Waals surface area contributed by atoms with Crippen LogP contribution in [0.25, 0.3) is 0 Å². The minimum absolute atomic E-state index is 0. The van der Waals surface area contributed by atoms with Crippen LogP contribution in [0.2, 0.25) is 0 Å². The second-order valence-corrected chi connectivity index (χ2v) is 0. The molecule has 8 heavy (non-hydrogen) atoms. The average molecular weight is 335 g/mol. The third-order valence-electron chi connectivity index (χ3n) is 0. The van der Waals surface area contributed by atoms with Crippen molar-refractivity contribution in [3.05, 3.63) is 0 Å². The van der Waals surface area contributed by atoms with Crippen LogP contribution >= 0.6 is 36.9 Å². The van der Waals surface area contributed by atoms with Crippen molar-refractivity contribution in [3.63, 3.8) is 0 Å². The van der Waals surface area contributed by atoms with Gasteiger partial charge in [0.2, 0.25) is 0 Å². The minimum Gasteiger partial charge on any atom is -1.00 e. The van der Waals surface area contributed by atoms with E-state index >= 15 is 0 Å². The zero-order valence-electron chi connectivity index (χ0n) is 7.05. The molecule has 0 aromatic carbocycles. The van der Waals surface area contributed by atoms with Crippen molar-refractivity contribution in [2.75, 3.05) is 0 Å². The van der Waals surface area contributed by atoms with Gasteiger partial charge in [0.15, 0.2) is 0 Å². The van der Waals surface area contributed by atoms with Crippen molar-refractivity contribution in [2.45, 2.75) is 0 Å². The topological polar surface area (TPSA) is 0 Å². The van der Waals surface area contributed by atoms with E-state index in [0.29, 0.717) is 0 Å². The Bertz CT molecular complexity index is 22.5. The van der Waals surface area contributed by atoms with Crippen LogP contribution in [0.3, 0.4) is 0 Å². The van der Waals surface area contributed by atoms with Crippen LogP contribution in [0.15, 0.2) is 0 Å². The van der Waals surface area contributed by atoms with Gasteiger partial charge in [-0.3, -0.25) is 0 Å². The summed E-state index contributed by atoms with van der Waals surface area (Å²) in [5.74, 6) is 0. The van der Waals surface area contributed by atoms with Crippen molar-refractivity contribution in [2.24, 2.45) is 0 Å². The fraction of sp³-hybridized carbons (Fsp3) is 0. The summed E-state index contributed by atoms with van der Waals surface area (Å²) in [5.41, 5.74) is 0. The first kappa shape index (κ1) is 64.7. The van der Waals surface area contributed by atoms with E-state index in [4.69, 9.17) is 0 Å². The Balaban J connectivity index is 0. The molecule has 8 heteroatoms. The summed E-state index contributed by atoms with van der Waals surface area (Å²) in [6, 6.07) is 0. The molecule has 0 rings (SSSR count). The zero-order chi connectivity index (χ0) is 0. The van der Waals surface area contributed by atoms with Crippen LogP contribution in [0.5, 0.6) is 0 Å². The molecule has 0 aromatic heterocycles. The summed E-state index contributed by atoms with van der Waals surface area (Å²) in [5, 5.41) is 0. The van der Waals surface area contributed by atoms with E-state index in [9.17, 15) is 0 Å². The summed E-state index contributed by atoms with van der Waals surface area (Å²) in [6.45, 7) is 0. The summed E-state index contributed by atoms with van der Waals surface area (Å²) in [7, 11) is 0. The van der Waals surface area contributed by atoms with Gasteiger partial charge >= 0.3 is 103 Å². The van der Waals surface area contributed by atoms with Gasteiger partial charge in [-0.2, -0.15) is 36.9 Å². The monoisotopic (exact) mass is 335 g/mol. The first-order chi connectivity index (χ1) is 0. The van der Waals surface area contributed by atoms with Gasteiger partial charge in [0.1, 0.15) is 0 Å². The van der Waals surface area contributed by atoms with Gasteiger partial charge < -0.3 is 2.85 Å². The van der Waals surface area contributed by atoms with E-state index < -0.39 is 0 Å². The third-order valence-corrected chi connectivity index (χ3v) is 0. The molecule has 1 unspecified atom stereocenters. The van der Waals surface area contributed by atoms with Crippen LogP contribution in [-0.4, -0.2) is 0 Å². The van der Waals surface area contributed by atoms with Crippen molar-refractivity contribution < 1.29 is 161 Å². The predicted molar refractivity (Wildman–Crippen MR) is 34.1 cm³/mol. The fourth-order valence-corrected chi connectivity index (χ4v) is 0.